The molecule has 5 rings (SSSR count). The Morgan fingerprint density at radius 3 is 2.77 bits per heavy atom. The Labute approximate surface area is 210 Å². The van der Waals surface area contributed by atoms with Gasteiger partial charge >= 0.3 is 5.97 Å². The summed E-state index contributed by atoms with van der Waals surface area (Å²) in [6, 6.07) is 9.72. The number of amides is 1. The van der Waals surface area contributed by atoms with E-state index in [2.05, 4.69) is 20.8 Å². The molecule has 2 aliphatic rings. The number of nitrogens with zero attached hydrogens (tertiary/aromatic N) is 2. The number of carbonyl (C=O) groups is 2. The quantitative estimate of drug-likeness (QED) is 0.433. The zero-order valence-corrected chi connectivity index (χ0v) is 19.9. The van der Waals surface area contributed by atoms with Gasteiger partial charge in [0.05, 0.1) is 17.5 Å². The third-order valence-electron chi connectivity index (χ3n) is 5.72. The molecule has 1 amide bonds. The van der Waals surface area contributed by atoms with Crippen molar-refractivity contribution in [2.45, 2.75) is 24.7 Å². The second-order valence-electron chi connectivity index (χ2n) is 8.04. The van der Waals surface area contributed by atoms with Crippen molar-refractivity contribution in [1.82, 2.24) is 9.36 Å². The van der Waals surface area contributed by atoms with Crippen LogP contribution < -0.4 is 14.8 Å². The van der Waals surface area contributed by atoms with Gasteiger partial charge in [-0.05, 0) is 43.2 Å². The number of fused-ring (bicyclic) bond motifs is 1. The number of carbonyl (C=O) groups excluding carboxylic acids is 1. The molecule has 0 saturated heterocycles. The Kier molecular flexibility index (Phi) is 6.52. The fraction of sp³-hybridized carbons (Fsp3) is 0.200. The molecular weight excluding hydrogens is 490 g/mol. The highest BCUT2D eigenvalue weighted by atomic mass is 35.5. The Balaban J connectivity index is 1.25. The summed E-state index contributed by atoms with van der Waals surface area (Å²) in [5, 5.41) is 12.9. The SMILES string of the molecule is O=C(Nc1nc(C2C=CC=CC2)ns1)c1ccc(Oc2cc3c(cc2Cl)C(C(=O)O)CCO3)cc1. The molecule has 0 saturated carbocycles. The lowest BCUT2D eigenvalue weighted by Gasteiger charge is -2.24. The van der Waals surface area contributed by atoms with Crippen LogP contribution in [0.5, 0.6) is 17.2 Å². The second-order valence-corrected chi connectivity index (χ2v) is 9.20. The van der Waals surface area contributed by atoms with Crippen molar-refractivity contribution in [1.29, 1.82) is 0 Å². The average Bonchev–Trinajstić information content (AvgIpc) is 3.33. The second kappa shape index (κ2) is 9.89. The van der Waals surface area contributed by atoms with E-state index in [0.29, 0.717) is 52.4 Å². The van der Waals surface area contributed by atoms with Crippen molar-refractivity contribution in [3.8, 4) is 17.2 Å². The molecule has 0 fully saturated rings. The maximum atomic E-state index is 12.6. The fourth-order valence-corrected chi connectivity index (χ4v) is 4.74. The first-order chi connectivity index (χ1) is 17.0. The van der Waals surface area contributed by atoms with Gasteiger partial charge in [0.15, 0.2) is 5.82 Å². The Morgan fingerprint density at radius 1 is 1.20 bits per heavy atom. The van der Waals surface area contributed by atoms with Gasteiger partial charge in [0.25, 0.3) is 5.91 Å². The summed E-state index contributed by atoms with van der Waals surface area (Å²) in [5.74, 6) is 0.160. The molecule has 2 unspecified atom stereocenters. The lowest BCUT2D eigenvalue weighted by molar-refractivity contribution is -0.139. The monoisotopic (exact) mass is 509 g/mol. The van der Waals surface area contributed by atoms with Gasteiger partial charge in [-0.2, -0.15) is 4.37 Å². The van der Waals surface area contributed by atoms with Crippen molar-refractivity contribution in [2.75, 3.05) is 11.9 Å². The largest absolute Gasteiger partial charge is 0.493 e. The Morgan fingerprint density at radius 2 is 2.03 bits per heavy atom. The molecule has 178 valence electrons. The van der Waals surface area contributed by atoms with E-state index in [1.165, 1.54) is 0 Å². The van der Waals surface area contributed by atoms with Crippen molar-refractivity contribution in [3.05, 3.63) is 82.7 Å². The zero-order valence-electron chi connectivity index (χ0n) is 18.3. The van der Waals surface area contributed by atoms with Crippen LogP contribution in [0.1, 0.15) is 46.4 Å². The molecule has 1 aromatic heterocycles. The molecular formula is C25H20ClN3O5S. The van der Waals surface area contributed by atoms with Crippen molar-refractivity contribution in [3.63, 3.8) is 0 Å². The van der Waals surface area contributed by atoms with Gasteiger partial charge in [0.1, 0.15) is 17.2 Å². The highest BCUT2D eigenvalue weighted by molar-refractivity contribution is 7.09. The number of aromatic nitrogens is 2. The van der Waals surface area contributed by atoms with Gasteiger partial charge in [0, 0.05) is 34.6 Å². The van der Waals surface area contributed by atoms with Crippen LogP contribution in [0.4, 0.5) is 5.13 Å². The summed E-state index contributed by atoms with van der Waals surface area (Å²) in [6.45, 7) is 0.305. The Hall–Kier alpha value is -3.69. The van der Waals surface area contributed by atoms with Gasteiger partial charge in [-0.15, -0.1) is 0 Å². The smallest absolute Gasteiger partial charge is 0.311 e. The van der Waals surface area contributed by atoms with E-state index in [-0.39, 0.29) is 16.8 Å². The number of halogens is 1. The molecule has 0 bridgehead atoms. The van der Waals surface area contributed by atoms with Gasteiger partial charge in [-0.3, -0.25) is 14.9 Å². The molecule has 2 aromatic carbocycles. The summed E-state index contributed by atoms with van der Waals surface area (Å²) in [7, 11) is 0. The number of ether oxygens (including phenoxy) is 2. The average molecular weight is 510 g/mol. The van der Waals surface area contributed by atoms with E-state index in [9.17, 15) is 14.7 Å². The minimum atomic E-state index is -0.916. The van der Waals surface area contributed by atoms with Crippen LogP contribution in [0, 0.1) is 0 Å². The van der Waals surface area contributed by atoms with Crippen molar-refractivity contribution in [2.24, 2.45) is 0 Å². The molecule has 1 aliphatic heterocycles. The highest BCUT2D eigenvalue weighted by Gasteiger charge is 2.29. The third kappa shape index (κ3) is 5.06. The normalized spacial score (nSPS) is 18.4. The van der Waals surface area contributed by atoms with E-state index >= 15 is 0 Å². The minimum absolute atomic E-state index is 0.120. The van der Waals surface area contributed by atoms with Gasteiger partial charge in [-0.25, -0.2) is 4.98 Å². The number of aliphatic carboxylic acids is 1. The molecule has 35 heavy (non-hydrogen) atoms. The van der Waals surface area contributed by atoms with Crippen LogP contribution in [0.3, 0.4) is 0 Å². The number of allylic oxidation sites excluding steroid dienone is 4. The van der Waals surface area contributed by atoms with Crippen LogP contribution >= 0.6 is 23.1 Å². The van der Waals surface area contributed by atoms with Gasteiger partial charge in [-0.1, -0.05) is 35.9 Å². The maximum Gasteiger partial charge on any atom is 0.311 e. The number of benzene rings is 2. The van der Waals surface area contributed by atoms with E-state index in [1.807, 2.05) is 18.2 Å². The highest BCUT2D eigenvalue weighted by Crippen LogP contribution is 2.41. The predicted octanol–water partition coefficient (Wildman–Crippen LogP) is 5.79. The molecule has 0 spiro atoms. The topological polar surface area (TPSA) is 111 Å². The number of hydrogen-bond donors (Lipinski definition) is 2. The van der Waals surface area contributed by atoms with E-state index in [1.54, 1.807) is 36.4 Å². The summed E-state index contributed by atoms with van der Waals surface area (Å²) in [5.41, 5.74) is 0.961. The lowest BCUT2D eigenvalue weighted by atomic mass is 9.93. The van der Waals surface area contributed by atoms with Crippen molar-refractivity contribution >= 4 is 40.1 Å². The fourth-order valence-electron chi connectivity index (χ4n) is 3.90. The Bertz CT molecular complexity index is 1340. The summed E-state index contributed by atoms with van der Waals surface area (Å²) < 4.78 is 15.8. The first-order valence-corrected chi connectivity index (χ1v) is 12.1. The molecule has 10 heteroatoms. The first kappa shape index (κ1) is 23.1. The number of carboxylic acid groups (broad SMARTS) is 1. The van der Waals surface area contributed by atoms with Crippen molar-refractivity contribution < 1.29 is 24.2 Å². The van der Waals surface area contributed by atoms with Gasteiger partial charge < -0.3 is 14.6 Å². The number of hydrogen-bond acceptors (Lipinski definition) is 7. The standard InChI is InChI=1S/C25H20ClN3O5S/c26-19-12-18-17(24(31)32)10-11-33-20(18)13-21(19)34-16-8-6-15(7-9-16)23(30)28-25-27-22(29-35-25)14-4-2-1-3-5-14/h1-4,6-9,12-14,17H,5,10-11H2,(H,31,32)(H,27,28,29,30). The summed E-state index contributed by atoms with van der Waals surface area (Å²) >= 11 is 7.50. The summed E-state index contributed by atoms with van der Waals surface area (Å²) in [6.07, 6.45) is 9.27. The summed E-state index contributed by atoms with van der Waals surface area (Å²) in [4.78, 5) is 28.6. The number of carboxylic acids is 1. The van der Waals surface area contributed by atoms with E-state index in [0.717, 1.165) is 18.0 Å². The maximum absolute atomic E-state index is 12.6. The van der Waals surface area contributed by atoms with Gasteiger partial charge in [0.2, 0.25) is 5.13 Å². The van der Waals surface area contributed by atoms with Crippen LogP contribution in [0.25, 0.3) is 0 Å². The lowest BCUT2D eigenvalue weighted by Crippen LogP contribution is -2.20. The molecule has 3 aromatic rings. The van der Waals surface area contributed by atoms with Crippen LogP contribution in [-0.2, 0) is 4.79 Å². The molecule has 2 heterocycles. The van der Waals surface area contributed by atoms with E-state index < -0.39 is 11.9 Å². The third-order valence-corrected chi connectivity index (χ3v) is 6.66. The zero-order chi connectivity index (χ0) is 24.4. The molecule has 2 N–H and O–H groups in total. The number of anilines is 1. The van der Waals surface area contributed by atoms with Crippen LogP contribution in [0.2, 0.25) is 5.02 Å². The number of nitrogens with one attached hydrogen (secondary N) is 1. The van der Waals surface area contributed by atoms with E-state index in [4.69, 9.17) is 21.1 Å². The van der Waals surface area contributed by atoms with Crippen LogP contribution in [-0.4, -0.2) is 32.9 Å². The molecule has 1 aliphatic carbocycles. The predicted molar refractivity (Wildman–Crippen MR) is 132 cm³/mol. The molecule has 2 atom stereocenters. The van der Waals surface area contributed by atoms with Crippen LogP contribution in [0.15, 0.2) is 60.7 Å². The first-order valence-electron chi connectivity index (χ1n) is 10.9. The number of rotatable bonds is 6. The molecule has 0 radical (unpaired) electrons. The minimum Gasteiger partial charge on any atom is -0.493 e. The molecule has 8 nitrogen and oxygen atoms in total.